The van der Waals surface area contributed by atoms with Crippen LogP contribution in [0.1, 0.15) is 19.9 Å². The lowest BCUT2D eigenvalue weighted by Gasteiger charge is -2.16. The summed E-state index contributed by atoms with van der Waals surface area (Å²) in [7, 11) is 0. The zero-order chi connectivity index (χ0) is 17.6. The van der Waals surface area contributed by atoms with E-state index in [9.17, 15) is 13.6 Å². The summed E-state index contributed by atoms with van der Waals surface area (Å²) in [6.07, 6.45) is 0. The van der Waals surface area contributed by atoms with E-state index in [2.05, 4.69) is 21.0 Å². The van der Waals surface area contributed by atoms with E-state index in [0.717, 1.165) is 6.07 Å². The lowest BCUT2D eigenvalue weighted by molar-refractivity contribution is 0.541. The first-order valence-corrected chi connectivity index (χ1v) is 8.34. The zero-order valence-corrected chi connectivity index (χ0v) is 15.1. The highest BCUT2D eigenvalue weighted by atomic mass is 79.9. The van der Waals surface area contributed by atoms with E-state index in [4.69, 9.17) is 11.6 Å². The maximum absolute atomic E-state index is 14.2. The molecule has 7 heteroatoms. The van der Waals surface area contributed by atoms with Crippen molar-refractivity contribution >= 4 is 38.4 Å². The predicted molar refractivity (Wildman–Crippen MR) is 94.5 cm³/mol. The quantitative estimate of drug-likeness (QED) is 0.568. The number of nitrogens with zero attached hydrogens (tertiary/aromatic N) is 2. The number of fused-ring (bicyclic) bond motifs is 1. The van der Waals surface area contributed by atoms with Gasteiger partial charge in [-0.05, 0) is 54.0 Å². The first-order valence-electron chi connectivity index (χ1n) is 7.17. The van der Waals surface area contributed by atoms with Crippen LogP contribution in [-0.2, 0) is 0 Å². The van der Waals surface area contributed by atoms with Gasteiger partial charge in [0.2, 0.25) is 5.43 Å². The van der Waals surface area contributed by atoms with Crippen LogP contribution in [0, 0.1) is 11.6 Å². The molecule has 0 fully saturated rings. The van der Waals surface area contributed by atoms with Crippen LogP contribution in [-0.4, -0.2) is 9.78 Å². The minimum absolute atomic E-state index is 0.0758. The molecule has 1 aromatic heterocycles. The normalized spacial score (nSPS) is 11.5. The Bertz CT molecular complexity index is 997. The number of halogens is 4. The van der Waals surface area contributed by atoms with Crippen molar-refractivity contribution in [2.24, 2.45) is 0 Å². The van der Waals surface area contributed by atoms with Gasteiger partial charge in [0, 0.05) is 6.04 Å². The summed E-state index contributed by atoms with van der Waals surface area (Å²) in [5, 5.41) is 4.49. The van der Waals surface area contributed by atoms with Crippen molar-refractivity contribution in [1.82, 2.24) is 9.78 Å². The van der Waals surface area contributed by atoms with Crippen molar-refractivity contribution in [2.45, 2.75) is 19.9 Å². The van der Waals surface area contributed by atoms with Crippen LogP contribution >= 0.6 is 27.5 Å². The van der Waals surface area contributed by atoms with Crippen molar-refractivity contribution in [3.8, 4) is 11.3 Å². The van der Waals surface area contributed by atoms with Crippen LogP contribution in [0.5, 0.6) is 0 Å². The molecule has 0 amide bonds. The Morgan fingerprint density at radius 2 is 1.92 bits per heavy atom. The van der Waals surface area contributed by atoms with Crippen LogP contribution in [0.15, 0.2) is 39.6 Å². The topological polar surface area (TPSA) is 34.9 Å². The maximum atomic E-state index is 14.2. The van der Waals surface area contributed by atoms with Crippen LogP contribution in [0.4, 0.5) is 8.78 Å². The summed E-state index contributed by atoms with van der Waals surface area (Å²) in [5.41, 5.74) is -0.329. The van der Waals surface area contributed by atoms with Crippen molar-refractivity contribution in [3.05, 3.63) is 61.7 Å². The second-order valence-corrected chi connectivity index (χ2v) is 6.86. The number of rotatable bonds is 2. The van der Waals surface area contributed by atoms with Crippen LogP contribution < -0.4 is 5.43 Å². The zero-order valence-electron chi connectivity index (χ0n) is 12.8. The Balaban J connectivity index is 2.49. The van der Waals surface area contributed by atoms with Gasteiger partial charge in [-0.15, -0.1) is 0 Å². The second kappa shape index (κ2) is 6.26. The Kier molecular flexibility index (Phi) is 4.44. The molecule has 124 valence electrons. The summed E-state index contributed by atoms with van der Waals surface area (Å²) in [5.74, 6) is -1.23. The highest BCUT2D eigenvalue weighted by molar-refractivity contribution is 9.10. The molecular weight excluding hydrogens is 402 g/mol. The fourth-order valence-corrected chi connectivity index (χ4v) is 3.11. The molecule has 2 aromatic carbocycles. The maximum Gasteiger partial charge on any atom is 0.216 e. The van der Waals surface area contributed by atoms with E-state index in [1.54, 1.807) is 4.68 Å². The van der Waals surface area contributed by atoms with Gasteiger partial charge in [0.1, 0.15) is 17.3 Å². The number of benzene rings is 2. The molecule has 0 spiro atoms. The summed E-state index contributed by atoms with van der Waals surface area (Å²) >= 11 is 9.18. The van der Waals surface area contributed by atoms with Crippen LogP contribution in [0.25, 0.3) is 22.2 Å². The Morgan fingerprint density at radius 1 is 1.21 bits per heavy atom. The molecular formula is C17H12BrClF2N2O. The van der Waals surface area contributed by atoms with Crippen LogP contribution in [0.3, 0.4) is 0 Å². The van der Waals surface area contributed by atoms with E-state index in [1.165, 1.54) is 24.3 Å². The molecule has 0 bridgehead atoms. The first-order chi connectivity index (χ1) is 11.3. The van der Waals surface area contributed by atoms with Gasteiger partial charge in [0.25, 0.3) is 0 Å². The number of hydrogen-bond acceptors (Lipinski definition) is 2. The summed E-state index contributed by atoms with van der Waals surface area (Å²) in [6, 6.07) is 6.61. The van der Waals surface area contributed by atoms with E-state index < -0.39 is 17.1 Å². The molecule has 0 atom stereocenters. The molecule has 0 saturated heterocycles. The molecule has 3 rings (SSSR count). The fourth-order valence-electron chi connectivity index (χ4n) is 2.52. The van der Waals surface area contributed by atoms with Crippen molar-refractivity contribution in [2.75, 3.05) is 0 Å². The van der Waals surface area contributed by atoms with E-state index in [-0.39, 0.29) is 32.2 Å². The first kappa shape index (κ1) is 17.0. The summed E-state index contributed by atoms with van der Waals surface area (Å²) in [4.78, 5) is 12.8. The molecule has 3 aromatic rings. The van der Waals surface area contributed by atoms with Gasteiger partial charge in [-0.25, -0.2) is 8.78 Å². The lowest BCUT2D eigenvalue weighted by Crippen LogP contribution is -2.19. The monoisotopic (exact) mass is 412 g/mol. The van der Waals surface area contributed by atoms with Gasteiger partial charge in [-0.2, -0.15) is 5.10 Å². The van der Waals surface area contributed by atoms with Gasteiger partial charge < -0.3 is 0 Å². The fraction of sp³-hybridized carbons (Fsp3) is 0.176. The van der Waals surface area contributed by atoms with Gasteiger partial charge in [-0.3, -0.25) is 9.48 Å². The third-order valence-electron chi connectivity index (χ3n) is 3.64. The molecule has 0 aliphatic carbocycles. The second-order valence-electron chi connectivity index (χ2n) is 5.60. The third kappa shape index (κ3) is 2.74. The predicted octanol–water partition coefficient (Wildman–Crippen LogP) is 5.34. The Morgan fingerprint density at radius 3 is 2.54 bits per heavy atom. The molecule has 0 aliphatic heterocycles. The van der Waals surface area contributed by atoms with Crippen molar-refractivity contribution in [1.29, 1.82) is 0 Å². The minimum Gasteiger partial charge on any atom is -0.287 e. The molecule has 0 unspecified atom stereocenters. The molecule has 0 aliphatic rings. The third-order valence-corrected chi connectivity index (χ3v) is 4.56. The van der Waals surface area contributed by atoms with Gasteiger partial charge in [-0.1, -0.05) is 17.7 Å². The highest BCUT2D eigenvalue weighted by Crippen LogP contribution is 2.30. The number of aromatic nitrogens is 2. The average molecular weight is 414 g/mol. The summed E-state index contributed by atoms with van der Waals surface area (Å²) < 4.78 is 30.0. The Labute approximate surface area is 150 Å². The smallest absolute Gasteiger partial charge is 0.216 e. The van der Waals surface area contributed by atoms with Gasteiger partial charge in [0.05, 0.1) is 26.0 Å². The molecule has 3 nitrogen and oxygen atoms in total. The van der Waals surface area contributed by atoms with Crippen molar-refractivity contribution in [3.63, 3.8) is 0 Å². The molecule has 0 radical (unpaired) electrons. The summed E-state index contributed by atoms with van der Waals surface area (Å²) in [6.45, 7) is 3.72. The molecule has 24 heavy (non-hydrogen) atoms. The molecule has 0 N–H and O–H groups in total. The Hall–Kier alpha value is -1.79. The SMILES string of the molecule is CC(C)n1nc(-c2c(F)cccc2Cl)c(=O)c2cc(F)c(Br)cc21. The van der Waals surface area contributed by atoms with Gasteiger partial charge >= 0.3 is 0 Å². The van der Waals surface area contributed by atoms with E-state index in [0.29, 0.717) is 5.52 Å². The molecule has 1 heterocycles. The van der Waals surface area contributed by atoms with Gasteiger partial charge in [0.15, 0.2) is 0 Å². The highest BCUT2D eigenvalue weighted by Gasteiger charge is 2.20. The minimum atomic E-state index is -0.653. The largest absolute Gasteiger partial charge is 0.287 e. The van der Waals surface area contributed by atoms with E-state index in [1.807, 2.05) is 13.8 Å². The standard InChI is InChI=1S/C17H12BrClF2N2O/c1-8(2)23-14-7-10(18)13(21)6-9(14)17(24)16(22-23)15-11(19)4-3-5-12(15)20/h3-8H,1-2H3. The van der Waals surface area contributed by atoms with E-state index >= 15 is 0 Å². The molecule has 0 saturated carbocycles. The van der Waals surface area contributed by atoms with Crippen molar-refractivity contribution < 1.29 is 8.78 Å². The average Bonchev–Trinajstić information content (AvgIpc) is 2.51. The lowest BCUT2D eigenvalue weighted by atomic mass is 10.1. The van der Waals surface area contributed by atoms with Crippen LogP contribution in [0.2, 0.25) is 5.02 Å². The number of hydrogen-bond donors (Lipinski definition) is 0.